The summed E-state index contributed by atoms with van der Waals surface area (Å²) in [5.41, 5.74) is 1.27. The molecule has 0 radical (unpaired) electrons. The Labute approximate surface area is 73.4 Å². The normalized spacial score (nSPS) is 27.9. The van der Waals surface area contributed by atoms with E-state index in [1.165, 1.54) is 5.57 Å². The third kappa shape index (κ3) is 3.35. The third-order valence-corrected chi connectivity index (χ3v) is 1.69. The zero-order valence-electron chi connectivity index (χ0n) is 7.11. The highest BCUT2D eigenvalue weighted by molar-refractivity contribution is 5.30. The van der Waals surface area contributed by atoms with Crippen molar-refractivity contribution < 1.29 is 5.11 Å². The molecule has 0 bridgehead atoms. The zero-order chi connectivity index (χ0) is 8.65. The van der Waals surface area contributed by atoms with Crippen molar-refractivity contribution in [2.45, 2.75) is 12.8 Å². The molecule has 1 heteroatoms. The van der Waals surface area contributed by atoms with E-state index in [4.69, 9.17) is 5.11 Å². The highest BCUT2D eigenvalue weighted by Crippen LogP contribution is 2.08. The fourth-order valence-corrected chi connectivity index (χ4v) is 1.06. The average molecular weight is 162 g/mol. The number of allylic oxidation sites excluding steroid dienone is 8. The van der Waals surface area contributed by atoms with Crippen LogP contribution in [-0.4, -0.2) is 11.7 Å². The molecule has 1 nitrogen and oxygen atoms in total. The molecule has 0 aromatic carbocycles. The molecule has 0 unspecified atom stereocenters. The van der Waals surface area contributed by atoms with E-state index in [9.17, 15) is 0 Å². The van der Waals surface area contributed by atoms with Crippen molar-refractivity contribution in [2.75, 3.05) is 6.61 Å². The molecule has 12 heavy (non-hydrogen) atoms. The minimum Gasteiger partial charge on any atom is -0.396 e. The summed E-state index contributed by atoms with van der Waals surface area (Å²) in [5.74, 6) is 0. The summed E-state index contributed by atoms with van der Waals surface area (Å²) >= 11 is 0. The van der Waals surface area contributed by atoms with Crippen LogP contribution in [-0.2, 0) is 0 Å². The Morgan fingerprint density at radius 2 is 1.75 bits per heavy atom. The first-order valence-corrected chi connectivity index (χ1v) is 4.25. The Kier molecular flexibility index (Phi) is 4.17. The maximum absolute atomic E-state index is 8.64. The van der Waals surface area contributed by atoms with E-state index in [-0.39, 0.29) is 6.61 Å². The Morgan fingerprint density at radius 3 is 2.58 bits per heavy atom. The van der Waals surface area contributed by atoms with Gasteiger partial charge < -0.3 is 5.11 Å². The highest BCUT2D eigenvalue weighted by atomic mass is 16.2. The van der Waals surface area contributed by atoms with Crippen LogP contribution in [0.15, 0.2) is 48.1 Å². The van der Waals surface area contributed by atoms with Gasteiger partial charge >= 0.3 is 0 Å². The first-order chi connectivity index (χ1) is 5.93. The number of hydrogen-bond donors (Lipinski definition) is 1. The van der Waals surface area contributed by atoms with E-state index in [0.717, 1.165) is 12.8 Å². The predicted octanol–water partition coefficient (Wildman–Crippen LogP) is 2.37. The molecule has 1 aliphatic rings. The molecule has 1 aliphatic carbocycles. The van der Waals surface area contributed by atoms with Gasteiger partial charge in [-0.15, -0.1) is 0 Å². The average Bonchev–Trinajstić information content (AvgIpc) is 2.02. The molecular formula is C11H14O. The molecule has 64 valence electrons. The van der Waals surface area contributed by atoms with Crippen LogP contribution in [0.5, 0.6) is 0 Å². The summed E-state index contributed by atoms with van der Waals surface area (Å²) in [7, 11) is 0. The van der Waals surface area contributed by atoms with E-state index >= 15 is 0 Å². The number of aliphatic hydroxyl groups excluding tert-OH is 1. The minimum atomic E-state index is 0.269. The maximum Gasteiger partial charge on any atom is 0.0434 e. The summed E-state index contributed by atoms with van der Waals surface area (Å²) in [5, 5.41) is 8.64. The lowest BCUT2D eigenvalue weighted by Crippen LogP contribution is -1.85. The second kappa shape index (κ2) is 5.56. The SMILES string of the molecule is OCCCC1=C/C=C\C=C/C=C\1. The first-order valence-electron chi connectivity index (χ1n) is 4.25. The van der Waals surface area contributed by atoms with Crippen LogP contribution in [0.3, 0.4) is 0 Å². The van der Waals surface area contributed by atoms with Crippen LogP contribution in [0, 0.1) is 0 Å². The molecule has 0 aromatic heterocycles. The Hall–Kier alpha value is -1.08. The van der Waals surface area contributed by atoms with Gasteiger partial charge in [0.05, 0.1) is 0 Å². The van der Waals surface area contributed by atoms with Crippen LogP contribution >= 0.6 is 0 Å². The topological polar surface area (TPSA) is 20.2 Å². The summed E-state index contributed by atoms with van der Waals surface area (Å²) in [6.45, 7) is 0.269. The molecule has 1 N–H and O–H groups in total. The molecule has 0 saturated heterocycles. The monoisotopic (exact) mass is 162 g/mol. The number of hydrogen-bond acceptors (Lipinski definition) is 1. The van der Waals surface area contributed by atoms with Gasteiger partial charge in [-0.3, -0.25) is 0 Å². The van der Waals surface area contributed by atoms with Gasteiger partial charge in [-0.05, 0) is 18.4 Å². The molecule has 1 rings (SSSR count). The van der Waals surface area contributed by atoms with Crippen LogP contribution in [0.25, 0.3) is 0 Å². The van der Waals surface area contributed by atoms with Crippen molar-refractivity contribution in [1.29, 1.82) is 0 Å². The van der Waals surface area contributed by atoms with Crippen molar-refractivity contribution in [3.63, 3.8) is 0 Å². The molecule has 0 atom stereocenters. The Bertz CT molecular complexity index is 231. The van der Waals surface area contributed by atoms with Crippen molar-refractivity contribution in [3.8, 4) is 0 Å². The molecule has 0 aromatic rings. The second-order valence-corrected chi connectivity index (χ2v) is 2.70. The van der Waals surface area contributed by atoms with Gasteiger partial charge in [-0.25, -0.2) is 0 Å². The van der Waals surface area contributed by atoms with Gasteiger partial charge in [0, 0.05) is 6.61 Å². The smallest absolute Gasteiger partial charge is 0.0434 e. The van der Waals surface area contributed by atoms with Gasteiger partial charge in [0.1, 0.15) is 0 Å². The molecule has 0 amide bonds. The minimum absolute atomic E-state index is 0.269. The fourth-order valence-electron chi connectivity index (χ4n) is 1.06. The Balaban J connectivity index is 2.50. The second-order valence-electron chi connectivity index (χ2n) is 2.70. The van der Waals surface area contributed by atoms with Crippen LogP contribution in [0.4, 0.5) is 0 Å². The molecule has 0 fully saturated rings. The summed E-state index contributed by atoms with van der Waals surface area (Å²) in [6, 6.07) is 0. The summed E-state index contributed by atoms with van der Waals surface area (Å²) in [4.78, 5) is 0. The maximum atomic E-state index is 8.64. The van der Waals surface area contributed by atoms with Crippen LogP contribution in [0.1, 0.15) is 12.8 Å². The lowest BCUT2D eigenvalue weighted by molar-refractivity contribution is 0.289. The standard InChI is InChI=1S/C11H14O/c12-10-6-9-11-7-4-2-1-3-5-8-11/h1-5,7-8,12H,6,9-10H2/b2-1-,3-1?,4-2?,5-3-,7-4-,8-5?,11-7?,11-8+. The van der Waals surface area contributed by atoms with Gasteiger partial charge in [-0.1, -0.05) is 42.5 Å². The van der Waals surface area contributed by atoms with Crippen LogP contribution < -0.4 is 0 Å². The molecule has 0 heterocycles. The Morgan fingerprint density at radius 1 is 1.00 bits per heavy atom. The summed E-state index contributed by atoms with van der Waals surface area (Å²) < 4.78 is 0. The van der Waals surface area contributed by atoms with Crippen molar-refractivity contribution in [1.82, 2.24) is 0 Å². The van der Waals surface area contributed by atoms with Gasteiger partial charge in [0.2, 0.25) is 0 Å². The largest absolute Gasteiger partial charge is 0.396 e. The van der Waals surface area contributed by atoms with E-state index in [1.54, 1.807) is 0 Å². The molecule has 0 spiro atoms. The first kappa shape index (κ1) is 9.01. The predicted molar refractivity (Wildman–Crippen MR) is 51.8 cm³/mol. The van der Waals surface area contributed by atoms with E-state index in [0.29, 0.717) is 0 Å². The van der Waals surface area contributed by atoms with Gasteiger partial charge in [0.25, 0.3) is 0 Å². The van der Waals surface area contributed by atoms with Crippen LogP contribution in [0.2, 0.25) is 0 Å². The molecule has 0 saturated carbocycles. The van der Waals surface area contributed by atoms with Crippen molar-refractivity contribution >= 4 is 0 Å². The molecule has 0 aliphatic heterocycles. The lowest BCUT2D eigenvalue weighted by atomic mass is 10.1. The van der Waals surface area contributed by atoms with Crippen molar-refractivity contribution in [3.05, 3.63) is 48.1 Å². The highest BCUT2D eigenvalue weighted by Gasteiger charge is 1.90. The number of rotatable bonds is 3. The van der Waals surface area contributed by atoms with E-state index < -0.39 is 0 Å². The van der Waals surface area contributed by atoms with Gasteiger partial charge in [0.15, 0.2) is 0 Å². The van der Waals surface area contributed by atoms with Gasteiger partial charge in [-0.2, -0.15) is 0 Å². The lowest BCUT2D eigenvalue weighted by Gasteiger charge is -1.99. The third-order valence-electron chi connectivity index (χ3n) is 1.69. The molecular weight excluding hydrogens is 148 g/mol. The zero-order valence-corrected chi connectivity index (χ0v) is 7.11. The number of aliphatic hydroxyl groups is 1. The summed E-state index contributed by atoms with van der Waals surface area (Å²) in [6.07, 6.45) is 16.0. The quantitative estimate of drug-likeness (QED) is 0.675. The fraction of sp³-hybridized carbons (Fsp3) is 0.273. The van der Waals surface area contributed by atoms with E-state index in [2.05, 4.69) is 12.2 Å². The van der Waals surface area contributed by atoms with Crippen molar-refractivity contribution in [2.24, 2.45) is 0 Å². The van der Waals surface area contributed by atoms with E-state index in [1.807, 2.05) is 30.4 Å².